The lowest BCUT2D eigenvalue weighted by Crippen LogP contribution is -2.14. The number of nitrogens with zero attached hydrogens (tertiary/aromatic N) is 2. The molecule has 1 heterocycles. The molecule has 20 heavy (non-hydrogen) atoms. The molecular weight excluding hydrogens is 274 g/mol. The standard InChI is InChI=1S/C15H18ClN3O/c1-11(2)13-14(16)18-10-19-15(13)17-8-9-20-12-6-4-3-5-7-12/h3-7,10-11H,8-9H2,1-2H3,(H,17,18,19). The van der Waals surface area contributed by atoms with E-state index in [1.807, 2.05) is 30.3 Å². The number of nitrogens with one attached hydrogen (secondary N) is 1. The molecule has 106 valence electrons. The van der Waals surface area contributed by atoms with Gasteiger partial charge in [-0.1, -0.05) is 43.6 Å². The van der Waals surface area contributed by atoms with Crippen molar-refractivity contribution in [1.29, 1.82) is 0 Å². The van der Waals surface area contributed by atoms with Crippen LogP contribution in [-0.2, 0) is 0 Å². The number of anilines is 1. The number of rotatable bonds is 6. The number of benzene rings is 1. The molecule has 0 saturated heterocycles. The van der Waals surface area contributed by atoms with Gasteiger partial charge in [0.1, 0.15) is 29.7 Å². The fourth-order valence-corrected chi connectivity index (χ4v) is 2.23. The summed E-state index contributed by atoms with van der Waals surface area (Å²) in [6, 6.07) is 9.72. The molecule has 0 spiro atoms. The van der Waals surface area contributed by atoms with Crippen LogP contribution in [0.5, 0.6) is 5.75 Å². The van der Waals surface area contributed by atoms with Gasteiger partial charge in [0.05, 0.1) is 6.54 Å². The normalized spacial score (nSPS) is 10.6. The van der Waals surface area contributed by atoms with Crippen molar-refractivity contribution < 1.29 is 4.74 Å². The minimum Gasteiger partial charge on any atom is -0.492 e. The number of para-hydroxylation sites is 1. The summed E-state index contributed by atoms with van der Waals surface area (Å²) in [5, 5.41) is 3.75. The molecule has 0 fully saturated rings. The molecule has 1 aromatic heterocycles. The molecule has 0 radical (unpaired) electrons. The first-order valence-electron chi connectivity index (χ1n) is 6.60. The topological polar surface area (TPSA) is 47.0 Å². The minimum absolute atomic E-state index is 0.265. The van der Waals surface area contributed by atoms with Crippen molar-refractivity contribution in [3.05, 3.63) is 47.4 Å². The lowest BCUT2D eigenvalue weighted by Gasteiger charge is -2.14. The molecule has 0 atom stereocenters. The summed E-state index contributed by atoms with van der Waals surface area (Å²) in [6.07, 6.45) is 1.47. The Labute approximate surface area is 124 Å². The average molecular weight is 292 g/mol. The van der Waals surface area contributed by atoms with Crippen molar-refractivity contribution in [3.8, 4) is 5.75 Å². The SMILES string of the molecule is CC(C)c1c(Cl)ncnc1NCCOc1ccccc1. The summed E-state index contributed by atoms with van der Waals surface area (Å²) in [5.74, 6) is 1.90. The summed E-state index contributed by atoms with van der Waals surface area (Å²) in [6.45, 7) is 5.34. The molecule has 2 rings (SSSR count). The molecule has 1 N–H and O–H groups in total. The van der Waals surface area contributed by atoms with Gasteiger partial charge >= 0.3 is 0 Å². The lowest BCUT2D eigenvalue weighted by atomic mass is 10.1. The minimum atomic E-state index is 0.265. The second-order valence-corrected chi connectivity index (χ2v) is 5.03. The van der Waals surface area contributed by atoms with E-state index in [0.717, 1.165) is 17.1 Å². The van der Waals surface area contributed by atoms with Gasteiger partial charge in [-0.3, -0.25) is 0 Å². The Morgan fingerprint density at radius 1 is 1.20 bits per heavy atom. The summed E-state index contributed by atoms with van der Waals surface area (Å²) in [7, 11) is 0. The Morgan fingerprint density at radius 3 is 2.65 bits per heavy atom. The third-order valence-corrected chi connectivity index (χ3v) is 3.12. The van der Waals surface area contributed by atoms with E-state index in [1.54, 1.807) is 0 Å². The van der Waals surface area contributed by atoms with Crippen molar-refractivity contribution in [1.82, 2.24) is 9.97 Å². The van der Waals surface area contributed by atoms with Gasteiger partial charge in [-0.05, 0) is 18.1 Å². The van der Waals surface area contributed by atoms with Gasteiger partial charge in [-0.2, -0.15) is 0 Å². The van der Waals surface area contributed by atoms with E-state index in [1.165, 1.54) is 6.33 Å². The molecule has 2 aromatic rings. The maximum atomic E-state index is 6.11. The van der Waals surface area contributed by atoms with Crippen LogP contribution in [0.1, 0.15) is 25.3 Å². The number of hydrogen-bond acceptors (Lipinski definition) is 4. The highest BCUT2D eigenvalue weighted by Gasteiger charge is 2.12. The van der Waals surface area contributed by atoms with Gasteiger partial charge < -0.3 is 10.1 Å². The van der Waals surface area contributed by atoms with Crippen molar-refractivity contribution >= 4 is 17.4 Å². The summed E-state index contributed by atoms with van der Waals surface area (Å²) < 4.78 is 5.62. The fourth-order valence-electron chi connectivity index (χ4n) is 1.88. The molecule has 0 bridgehead atoms. The Kier molecular flexibility index (Phi) is 5.18. The van der Waals surface area contributed by atoms with Crippen molar-refractivity contribution in [2.75, 3.05) is 18.5 Å². The van der Waals surface area contributed by atoms with E-state index in [2.05, 4.69) is 29.1 Å². The molecule has 0 aliphatic heterocycles. The van der Waals surface area contributed by atoms with Gasteiger partial charge in [0.25, 0.3) is 0 Å². The number of ether oxygens (including phenoxy) is 1. The molecule has 0 amide bonds. The van der Waals surface area contributed by atoms with Crippen LogP contribution in [0.4, 0.5) is 5.82 Å². The van der Waals surface area contributed by atoms with E-state index in [-0.39, 0.29) is 5.92 Å². The zero-order chi connectivity index (χ0) is 14.4. The number of halogens is 1. The van der Waals surface area contributed by atoms with E-state index in [4.69, 9.17) is 16.3 Å². The van der Waals surface area contributed by atoms with Crippen LogP contribution in [-0.4, -0.2) is 23.1 Å². The smallest absolute Gasteiger partial charge is 0.138 e. The third-order valence-electron chi connectivity index (χ3n) is 2.82. The highest BCUT2D eigenvalue weighted by Crippen LogP contribution is 2.27. The fraction of sp³-hybridized carbons (Fsp3) is 0.333. The van der Waals surface area contributed by atoms with Crippen LogP contribution < -0.4 is 10.1 Å². The average Bonchev–Trinajstić information content (AvgIpc) is 2.44. The van der Waals surface area contributed by atoms with Crippen molar-refractivity contribution in [3.63, 3.8) is 0 Å². The van der Waals surface area contributed by atoms with Gasteiger partial charge in [-0.15, -0.1) is 0 Å². The van der Waals surface area contributed by atoms with Gasteiger partial charge in [0.15, 0.2) is 0 Å². The molecule has 0 saturated carbocycles. The second-order valence-electron chi connectivity index (χ2n) is 4.67. The van der Waals surface area contributed by atoms with E-state index < -0.39 is 0 Å². The van der Waals surface area contributed by atoms with Gasteiger partial charge in [0.2, 0.25) is 0 Å². The Balaban J connectivity index is 1.90. The highest BCUT2D eigenvalue weighted by molar-refractivity contribution is 6.30. The summed E-state index contributed by atoms with van der Waals surface area (Å²) in [4.78, 5) is 8.26. The zero-order valence-electron chi connectivity index (χ0n) is 11.6. The highest BCUT2D eigenvalue weighted by atomic mass is 35.5. The summed E-state index contributed by atoms with van der Waals surface area (Å²) in [5.41, 5.74) is 0.939. The Bertz CT molecular complexity index is 546. The van der Waals surface area contributed by atoms with Crippen LogP contribution in [0.25, 0.3) is 0 Å². The van der Waals surface area contributed by atoms with Gasteiger partial charge in [0, 0.05) is 5.56 Å². The predicted molar refractivity (Wildman–Crippen MR) is 81.6 cm³/mol. The van der Waals surface area contributed by atoms with E-state index in [0.29, 0.717) is 18.3 Å². The Hall–Kier alpha value is -1.81. The molecule has 0 aliphatic carbocycles. The van der Waals surface area contributed by atoms with Crippen LogP contribution in [0.2, 0.25) is 5.15 Å². The third kappa shape index (κ3) is 3.84. The maximum absolute atomic E-state index is 6.11. The quantitative estimate of drug-likeness (QED) is 0.650. The molecule has 4 nitrogen and oxygen atoms in total. The maximum Gasteiger partial charge on any atom is 0.138 e. The lowest BCUT2D eigenvalue weighted by molar-refractivity contribution is 0.332. The first-order chi connectivity index (χ1) is 9.68. The van der Waals surface area contributed by atoms with E-state index in [9.17, 15) is 0 Å². The molecule has 5 heteroatoms. The second kappa shape index (κ2) is 7.10. The first kappa shape index (κ1) is 14.6. The van der Waals surface area contributed by atoms with Crippen LogP contribution in [0.15, 0.2) is 36.7 Å². The predicted octanol–water partition coefficient (Wildman–Crippen LogP) is 3.74. The molecule has 1 aromatic carbocycles. The van der Waals surface area contributed by atoms with E-state index >= 15 is 0 Å². The largest absolute Gasteiger partial charge is 0.492 e. The van der Waals surface area contributed by atoms with Crippen LogP contribution in [0, 0.1) is 0 Å². The first-order valence-corrected chi connectivity index (χ1v) is 6.98. The Morgan fingerprint density at radius 2 is 1.95 bits per heavy atom. The summed E-state index contributed by atoms with van der Waals surface area (Å²) >= 11 is 6.11. The van der Waals surface area contributed by atoms with Crippen molar-refractivity contribution in [2.45, 2.75) is 19.8 Å². The van der Waals surface area contributed by atoms with Crippen LogP contribution >= 0.6 is 11.6 Å². The monoisotopic (exact) mass is 291 g/mol. The van der Waals surface area contributed by atoms with Crippen LogP contribution in [0.3, 0.4) is 0 Å². The molecular formula is C15H18ClN3O. The van der Waals surface area contributed by atoms with Gasteiger partial charge in [-0.25, -0.2) is 9.97 Å². The molecule has 0 unspecified atom stereocenters. The van der Waals surface area contributed by atoms with Crippen molar-refractivity contribution in [2.24, 2.45) is 0 Å². The zero-order valence-corrected chi connectivity index (χ0v) is 12.4. The number of hydrogen-bond donors (Lipinski definition) is 1. The molecule has 0 aliphatic rings. The number of aromatic nitrogens is 2.